The SMILES string of the molecule is Cn1ccc(-c2n[nH]c(=O)[nH]2)n1. The van der Waals surface area contributed by atoms with Gasteiger partial charge in [-0.25, -0.2) is 9.89 Å². The molecule has 6 nitrogen and oxygen atoms in total. The van der Waals surface area contributed by atoms with Crippen LogP contribution in [0.5, 0.6) is 0 Å². The third-order valence-corrected chi connectivity index (χ3v) is 1.46. The molecule has 0 aromatic carbocycles. The second-order valence-electron chi connectivity index (χ2n) is 2.40. The monoisotopic (exact) mass is 165 g/mol. The van der Waals surface area contributed by atoms with E-state index in [1.807, 2.05) is 0 Å². The Morgan fingerprint density at radius 3 is 2.92 bits per heavy atom. The lowest BCUT2D eigenvalue weighted by Gasteiger charge is -1.85. The highest BCUT2D eigenvalue weighted by Crippen LogP contribution is 2.06. The van der Waals surface area contributed by atoms with Crippen molar-refractivity contribution in [2.45, 2.75) is 0 Å². The molecule has 0 unspecified atom stereocenters. The first-order valence-electron chi connectivity index (χ1n) is 3.40. The third kappa shape index (κ3) is 1.03. The summed E-state index contributed by atoms with van der Waals surface area (Å²) in [6.45, 7) is 0. The summed E-state index contributed by atoms with van der Waals surface area (Å²) in [6.07, 6.45) is 1.78. The van der Waals surface area contributed by atoms with E-state index in [0.29, 0.717) is 11.5 Å². The van der Waals surface area contributed by atoms with Gasteiger partial charge < -0.3 is 0 Å². The number of nitrogens with zero attached hydrogens (tertiary/aromatic N) is 3. The second kappa shape index (κ2) is 2.33. The lowest BCUT2D eigenvalue weighted by Crippen LogP contribution is -2.00. The molecular formula is C6H7N5O. The van der Waals surface area contributed by atoms with Gasteiger partial charge in [0.2, 0.25) is 0 Å². The van der Waals surface area contributed by atoms with Crippen molar-refractivity contribution < 1.29 is 0 Å². The smallest absolute Gasteiger partial charge is 0.288 e. The van der Waals surface area contributed by atoms with Gasteiger partial charge in [0, 0.05) is 13.2 Å². The average molecular weight is 165 g/mol. The number of aromatic nitrogens is 5. The van der Waals surface area contributed by atoms with Gasteiger partial charge in [-0.3, -0.25) is 9.67 Å². The molecule has 0 bridgehead atoms. The van der Waals surface area contributed by atoms with E-state index in [-0.39, 0.29) is 5.69 Å². The summed E-state index contributed by atoms with van der Waals surface area (Å²) in [5.41, 5.74) is 0.325. The van der Waals surface area contributed by atoms with E-state index in [2.05, 4.69) is 20.3 Å². The van der Waals surface area contributed by atoms with Crippen LogP contribution in [0.1, 0.15) is 0 Å². The van der Waals surface area contributed by atoms with Gasteiger partial charge in [0.25, 0.3) is 0 Å². The largest absolute Gasteiger partial charge is 0.340 e. The molecular weight excluding hydrogens is 158 g/mol. The lowest BCUT2D eigenvalue weighted by atomic mass is 10.4. The summed E-state index contributed by atoms with van der Waals surface area (Å²) < 4.78 is 1.64. The molecule has 2 aromatic rings. The molecule has 2 N–H and O–H groups in total. The van der Waals surface area contributed by atoms with Crippen molar-refractivity contribution in [3.05, 3.63) is 22.7 Å². The van der Waals surface area contributed by atoms with Crippen LogP contribution in [0.25, 0.3) is 11.5 Å². The van der Waals surface area contributed by atoms with Gasteiger partial charge in [0.15, 0.2) is 5.82 Å². The molecule has 2 rings (SSSR count). The van der Waals surface area contributed by atoms with Gasteiger partial charge in [0.1, 0.15) is 5.69 Å². The topological polar surface area (TPSA) is 79.4 Å². The molecule has 0 amide bonds. The van der Waals surface area contributed by atoms with Crippen molar-refractivity contribution in [3.8, 4) is 11.5 Å². The zero-order chi connectivity index (χ0) is 8.55. The molecule has 0 saturated carbocycles. The Bertz CT molecular complexity index is 436. The molecule has 12 heavy (non-hydrogen) atoms. The standard InChI is InChI=1S/C6H7N5O/c1-11-3-2-4(10-11)5-7-6(12)9-8-5/h2-3H,1H3,(H2,7,8,9,12). The predicted octanol–water partition coefficient (Wildman–Crippen LogP) is -0.502. The molecule has 0 aliphatic carbocycles. The normalized spacial score (nSPS) is 10.4. The number of aryl methyl sites for hydroxylation is 1. The van der Waals surface area contributed by atoms with Gasteiger partial charge in [-0.1, -0.05) is 0 Å². The van der Waals surface area contributed by atoms with Crippen LogP contribution in [0.3, 0.4) is 0 Å². The maximum absolute atomic E-state index is 10.7. The highest BCUT2D eigenvalue weighted by molar-refractivity contribution is 5.46. The fourth-order valence-corrected chi connectivity index (χ4v) is 0.933. The number of hydrogen-bond donors (Lipinski definition) is 2. The van der Waals surface area contributed by atoms with Crippen molar-refractivity contribution in [3.63, 3.8) is 0 Å². The van der Waals surface area contributed by atoms with Crippen molar-refractivity contribution >= 4 is 0 Å². The van der Waals surface area contributed by atoms with Gasteiger partial charge in [-0.2, -0.15) is 10.2 Å². The number of nitrogens with one attached hydrogen (secondary N) is 2. The van der Waals surface area contributed by atoms with Crippen LogP contribution in [-0.2, 0) is 7.05 Å². The summed E-state index contributed by atoms with van der Waals surface area (Å²) in [5.74, 6) is 0.459. The zero-order valence-corrected chi connectivity index (χ0v) is 6.40. The third-order valence-electron chi connectivity index (χ3n) is 1.46. The lowest BCUT2D eigenvalue weighted by molar-refractivity contribution is 0.769. The first kappa shape index (κ1) is 6.84. The minimum absolute atomic E-state index is 0.323. The summed E-state index contributed by atoms with van der Waals surface area (Å²) in [4.78, 5) is 13.2. The van der Waals surface area contributed by atoms with Gasteiger partial charge in [-0.05, 0) is 6.07 Å². The van der Waals surface area contributed by atoms with Crippen LogP contribution in [0.4, 0.5) is 0 Å². The Morgan fingerprint density at radius 2 is 2.42 bits per heavy atom. The van der Waals surface area contributed by atoms with E-state index in [1.54, 1.807) is 24.0 Å². The summed E-state index contributed by atoms with van der Waals surface area (Å²) in [6, 6.07) is 1.77. The zero-order valence-electron chi connectivity index (χ0n) is 6.40. The van der Waals surface area contributed by atoms with E-state index < -0.39 is 0 Å². The second-order valence-corrected chi connectivity index (χ2v) is 2.40. The van der Waals surface area contributed by atoms with Crippen LogP contribution in [0.15, 0.2) is 17.1 Å². The highest BCUT2D eigenvalue weighted by atomic mass is 16.1. The molecule has 2 heterocycles. The van der Waals surface area contributed by atoms with Gasteiger partial charge in [-0.15, -0.1) is 0 Å². The maximum Gasteiger partial charge on any atom is 0.340 e. The van der Waals surface area contributed by atoms with E-state index >= 15 is 0 Å². The number of rotatable bonds is 1. The molecule has 0 aliphatic heterocycles. The van der Waals surface area contributed by atoms with Crippen molar-refractivity contribution in [2.24, 2.45) is 7.05 Å². The minimum atomic E-state index is -0.323. The van der Waals surface area contributed by atoms with Crippen LogP contribution in [-0.4, -0.2) is 25.0 Å². The van der Waals surface area contributed by atoms with E-state index in [4.69, 9.17) is 0 Å². The Labute approximate surface area is 67.2 Å². The number of H-pyrrole nitrogens is 2. The Morgan fingerprint density at radius 1 is 1.58 bits per heavy atom. The first-order chi connectivity index (χ1) is 5.75. The molecule has 0 aliphatic rings. The molecule has 0 fully saturated rings. The van der Waals surface area contributed by atoms with Crippen LogP contribution in [0.2, 0.25) is 0 Å². The first-order valence-corrected chi connectivity index (χ1v) is 3.40. The highest BCUT2D eigenvalue weighted by Gasteiger charge is 2.03. The van der Waals surface area contributed by atoms with E-state index in [9.17, 15) is 4.79 Å². The Kier molecular flexibility index (Phi) is 1.33. The Hall–Kier alpha value is -1.85. The summed E-state index contributed by atoms with van der Waals surface area (Å²) >= 11 is 0. The quantitative estimate of drug-likeness (QED) is 0.597. The molecule has 0 atom stereocenters. The average Bonchev–Trinajstić information content (AvgIpc) is 2.58. The number of aromatic amines is 2. The van der Waals surface area contributed by atoms with Gasteiger partial charge in [0.05, 0.1) is 0 Å². The molecule has 0 saturated heterocycles. The Balaban J connectivity index is 2.50. The van der Waals surface area contributed by atoms with Crippen molar-refractivity contribution in [1.82, 2.24) is 25.0 Å². The van der Waals surface area contributed by atoms with Gasteiger partial charge >= 0.3 is 5.69 Å². The van der Waals surface area contributed by atoms with E-state index in [1.165, 1.54) is 0 Å². The summed E-state index contributed by atoms with van der Waals surface area (Å²) in [5, 5.41) is 10.1. The number of hydrogen-bond acceptors (Lipinski definition) is 3. The maximum atomic E-state index is 10.7. The van der Waals surface area contributed by atoms with Crippen molar-refractivity contribution in [1.29, 1.82) is 0 Å². The molecule has 0 radical (unpaired) electrons. The van der Waals surface area contributed by atoms with Crippen molar-refractivity contribution in [2.75, 3.05) is 0 Å². The fraction of sp³-hybridized carbons (Fsp3) is 0.167. The predicted molar refractivity (Wildman–Crippen MR) is 41.4 cm³/mol. The van der Waals surface area contributed by atoms with Crippen LogP contribution >= 0.6 is 0 Å². The summed E-state index contributed by atoms with van der Waals surface area (Å²) in [7, 11) is 1.80. The minimum Gasteiger partial charge on any atom is -0.288 e. The molecule has 62 valence electrons. The molecule has 6 heteroatoms. The molecule has 0 spiro atoms. The molecule has 2 aromatic heterocycles. The van der Waals surface area contributed by atoms with Crippen LogP contribution in [0, 0.1) is 0 Å². The fourth-order valence-electron chi connectivity index (χ4n) is 0.933. The van der Waals surface area contributed by atoms with E-state index in [0.717, 1.165) is 0 Å². The van der Waals surface area contributed by atoms with Crippen LogP contribution < -0.4 is 5.69 Å².